The zero-order valence-corrected chi connectivity index (χ0v) is 12.1. The number of hydrogen-bond acceptors (Lipinski definition) is 1. The molecule has 1 atom stereocenters. The van der Waals surface area contributed by atoms with Gasteiger partial charge in [-0.2, -0.15) is 0 Å². The monoisotopic (exact) mass is 256 g/mol. The second kappa shape index (κ2) is 5.04. The van der Waals surface area contributed by atoms with Crippen LogP contribution in [0.1, 0.15) is 32.6 Å². The minimum absolute atomic E-state index is 0.110. The smallest absolute Gasteiger partial charge is 0.194 e. The molecule has 1 nitrogen and oxygen atoms in total. The molecule has 0 aliphatic heterocycles. The van der Waals surface area contributed by atoms with Gasteiger partial charge >= 0.3 is 0 Å². The molecule has 18 heavy (non-hydrogen) atoms. The molecule has 0 aliphatic rings. The normalized spacial score (nSPS) is 10.4. The topological polar surface area (TPSA) is 17.1 Å². The molecule has 2 heteroatoms. The molecule has 2 aromatic carbocycles. The molecule has 0 spiro atoms. The van der Waals surface area contributed by atoms with E-state index in [1.54, 1.807) is 0 Å². The Bertz CT molecular complexity index is 614. The van der Waals surface area contributed by atoms with E-state index in [4.69, 9.17) is 0 Å². The molecule has 92 valence electrons. The molecule has 0 aliphatic carbocycles. The molecule has 1 unspecified atom stereocenters. The first-order valence-corrected chi connectivity index (χ1v) is 6.56. The summed E-state index contributed by atoms with van der Waals surface area (Å²) in [6, 6.07) is 11.7. The van der Waals surface area contributed by atoms with Crippen molar-refractivity contribution >= 4 is 20.3 Å². The third-order valence-corrected chi connectivity index (χ3v) is 3.88. The van der Waals surface area contributed by atoms with Gasteiger partial charge in [0.25, 0.3) is 0 Å². The first-order valence-electron chi connectivity index (χ1n) is 5.98. The maximum absolute atomic E-state index is 12.6. The van der Waals surface area contributed by atoms with Crippen molar-refractivity contribution in [2.45, 2.75) is 20.8 Å². The van der Waals surface area contributed by atoms with Crippen LogP contribution < -0.4 is 5.30 Å². The summed E-state index contributed by atoms with van der Waals surface area (Å²) in [5.74, 6) is 0.110. The maximum Gasteiger partial charge on any atom is 0.194 e. The van der Waals surface area contributed by atoms with Gasteiger partial charge in [0, 0.05) is 11.1 Å². The molecule has 0 amide bonds. The number of aryl methyl sites for hydroxylation is 2. The average Bonchev–Trinajstić information content (AvgIpc) is 2.35. The molecule has 2 aromatic rings. The van der Waals surface area contributed by atoms with Gasteiger partial charge in [-0.1, -0.05) is 36.4 Å². The van der Waals surface area contributed by atoms with E-state index in [-0.39, 0.29) is 5.78 Å². The molecular formula is C16H17OP. The lowest BCUT2D eigenvalue weighted by Crippen LogP contribution is -2.13. The average molecular weight is 256 g/mol. The first-order chi connectivity index (χ1) is 8.52. The van der Waals surface area contributed by atoms with Crippen LogP contribution in [0.5, 0.6) is 0 Å². The molecule has 0 aromatic heterocycles. The summed E-state index contributed by atoms with van der Waals surface area (Å²) in [4.78, 5) is 12.6. The zero-order chi connectivity index (χ0) is 13.3. The quantitative estimate of drug-likeness (QED) is 0.595. The van der Waals surface area contributed by atoms with Crippen molar-refractivity contribution in [3.63, 3.8) is 0 Å². The van der Waals surface area contributed by atoms with Gasteiger partial charge in [0.05, 0.1) is 0 Å². The lowest BCUT2D eigenvalue weighted by atomic mass is 9.92. The van der Waals surface area contributed by atoms with Crippen molar-refractivity contribution in [3.05, 3.63) is 64.2 Å². The van der Waals surface area contributed by atoms with Crippen LogP contribution in [0, 0.1) is 20.8 Å². The van der Waals surface area contributed by atoms with E-state index in [0.717, 1.165) is 33.1 Å². The van der Waals surface area contributed by atoms with Crippen LogP contribution in [-0.2, 0) is 0 Å². The highest BCUT2D eigenvalue weighted by atomic mass is 31.0. The number of hydrogen-bond donors (Lipinski definition) is 0. The van der Waals surface area contributed by atoms with Crippen LogP contribution in [0.3, 0.4) is 0 Å². The molecule has 0 radical (unpaired) electrons. The van der Waals surface area contributed by atoms with Gasteiger partial charge in [-0.3, -0.25) is 4.79 Å². The molecule has 0 heterocycles. The van der Waals surface area contributed by atoms with Crippen molar-refractivity contribution < 1.29 is 4.79 Å². The van der Waals surface area contributed by atoms with Crippen LogP contribution in [-0.4, -0.2) is 5.78 Å². The number of benzene rings is 2. The molecule has 0 N–H and O–H groups in total. The van der Waals surface area contributed by atoms with Crippen LogP contribution in [0.2, 0.25) is 0 Å². The summed E-state index contributed by atoms with van der Waals surface area (Å²) >= 11 is 0. The Kier molecular flexibility index (Phi) is 3.63. The summed E-state index contributed by atoms with van der Waals surface area (Å²) in [7, 11) is 2.63. The lowest BCUT2D eigenvalue weighted by molar-refractivity contribution is 0.103. The molecule has 0 saturated heterocycles. The predicted octanol–water partition coefficient (Wildman–Crippen LogP) is 3.34. The van der Waals surface area contributed by atoms with Crippen molar-refractivity contribution in [1.29, 1.82) is 0 Å². The third-order valence-electron chi connectivity index (χ3n) is 3.38. The van der Waals surface area contributed by atoms with E-state index < -0.39 is 0 Å². The van der Waals surface area contributed by atoms with Gasteiger partial charge in [-0.05, 0) is 42.8 Å². The zero-order valence-electron chi connectivity index (χ0n) is 10.9. The van der Waals surface area contributed by atoms with Crippen molar-refractivity contribution in [1.82, 2.24) is 0 Å². The van der Waals surface area contributed by atoms with E-state index >= 15 is 0 Å². The van der Waals surface area contributed by atoms with Crippen LogP contribution in [0.4, 0.5) is 0 Å². The molecule has 0 bridgehead atoms. The van der Waals surface area contributed by atoms with Gasteiger partial charge in [0.2, 0.25) is 0 Å². The van der Waals surface area contributed by atoms with Crippen molar-refractivity contribution in [2.75, 3.05) is 0 Å². The highest BCUT2D eigenvalue weighted by Gasteiger charge is 2.16. The van der Waals surface area contributed by atoms with Gasteiger partial charge in [-0.25, -0.2) is 0 Å². The van der Waals surface area contributed by atoms with Crippen LogP contribution in [0.25, 0.3) is 0 Å². The van der Waals surface area contributed by atoms with Gasteiger partial charge in [-0.15, -0.1) is 9.24 Å². The minimum atomic E-state index is 0.110. The number of ketones is 1. The second-order valence-electron chi connectivity index (χ2n) is 4.62. The summed E-state index contributed by atoms with van der Waals surface area (Å²) < 4.78 is 0. The molecular weight excluding hydrogens is 239 g/mol. The van der Waals surface area contributed by atoms with E-state index in [0.29, 0.717) is 0 Å². The Hall–Kier alpha value is -1.46. The van der Waals surface area contributed by atoms with Crippen molar-refractivity contribution in [2.24, 2.45) is 0 Å². The maximum atomic E-state index is 12.6. The number of carbonyl (C=O) groups excluding carboxylic acids is 1. The number of rotatable bonds is 2. The van der Waals surface area contributed by atoms with E-state index in [9.17, 15) is 4.79 Å². The fraction of sp³-hybridized carbons (Fsp3) is 0.188. The van der Waals surface area contributed by atoms with Crippen molar-refractivity contribution in [3.8, 4) is 0 Å². The summed E-state index contributed by atoms with van der Waals surface area (Å²) in [5.41, 5.74) is 4.87. The van der Waals surface area contributed by atoms with E-state index in [2.05, 4.69) is 15.3 Å². The fourth-order valence-corrected chi connectivity index (χ4v) is 2.48. The highest BCUT2D eigenvalue weighted by molar-refractivity contribution is 7.27. The van der Waals surface area contributed by atoms with Crippen LogP contribution in [0.15, 0.2) is 36.4 Å². The van der Waals surface area contributed by atoms with E-state index in [1.165, 1.54) is 0 Å². The van der Waals surface area contributed by atoms with Crippen LogP contribution >= 0.6 is 9.24 Å². The first kappa shape index (κ1) is 13.0. The SMILES string of the molecule is Cc1ccc(C)c(C(=O)c2ccccc2P)c1C. The third kappa shape index (κ3) is 2.23. The number of carbonyl (C=O) groups is 1. The van der Waals surface area contributed by atoms with Gasteiger partial charge in [0.1, 0.15) is 0 Å². The Morgan fingerprint density at radius 2 is 1.56 bits per heavy atom. The molecule has 0 saturated carbocycles. The Balaban J connectivity index is 2.61. The second-order valence-corrected chi connectivity index (χ2v) is 5.24. The summed E-state index contributed by atoms with van der Waals surface area (Å²) in [6.07, 6.45) is 0. The standard InChI is InChI=1S/C16H17OP/c1-10-8-9-11(2)15(12(10)3)16(17)13-6-4-5-7-14(13)18/h4-9H,18H2,1-3H3. The van der Waals surface area contributed by atoms with Gasteiger partial charge in [0.15, 0.2) is 5.78 Å². The van der Waals surface area contributed by atoms with Gasteiger partial charge < -0.3 is 0 Å². The summed E-state index contributed by atoms with van der Waals surface area (Å²) in [5, 5.41) is 0.947. The summed E-state index contributed by atoms with van der Waals surface area (Å²) in [6.45, 7) is 6.05. The Labute approximate surface area is 110 Å². The highest BCUT2D eigenvalue weighted by Crippen LogP contribution is 2.21. The largest absolute Gasteiger partial charge is 0.289 e. The molecule has 2 rings (SSSR count). The Morgan fingerprint density at radius 1 is 0.944 bits per heavy atom. The molecule has 0 fully saturated rings. The fourth-order valence-electron chi connectivity index (χ4n) is 2.14. The van der Waals surface area contributed by atoms with E-state index in [1.807, 2.05) is 51.1 Å². The minimum Gasteiger partial charge on any atom is -0.289 e. The predicted molar refractivity (Wildman–Crippen MR) is 79.9 cm³/mol. The lowest BCUT2D eigenvalue weighted by Gasteiger charge is -2.12. The Morgan fingerprint density at radius 3 is 2.22 bits per heavy atom.